The smallest absolute Gasteiger partial charge is 0.268 e. The zero-order valence-corrected chi connectivity index (χ0v) is 54.3. The molecule has 0 atom stereocenters. The van der Waals surface area contributed by atoms with Gasteiger partial charge in [-0.3, -0.25) is 4.57 Å². The zero-order valence-electron chi connectivity index (χ0n) is 83.1. The van der Waals surface area contributed by atoms with E-state index in [4.69, 9.17) is 28.9 Å². The van der Waals surface area contributed by atoms with Gasteiger partial charge >= 0.3 is 0 Å². The fraction of sp³-hybridized carbons (Fsp3) is 0.103. The van der Waals surface area contributed by atoms with Gasteiger partial charge in [0.2, 0.25) is 0 Å². The normalized spacial score (nSPS) is 16.8. The molecule has 0 aliphatic heterocycles. The van der Waals surface area contributed by atoms with Gasteiger partial charge in [-0.25, -0.2) is 4.98 Å². The molecule has 15 aromatic rings. The van der Waals surface area contributed by atoms with E-state index in [-0.39, 0.29) is 83.1 Å². The van der Waals surface area contributed by atoms with E-state index in [2.05, 4.69) is 18.5 Å². The van der Waals surface area contributed by atoms with Crippen LogP contribution in [0.2, 0.25) is 0 Å². The number of benzene rings is 12. The quantitative estimate of drug-likeness (QED) is 0.0499. The van der Waals surface area contributed by atoms with Crippen LogP contribution in [0, 0.1) is 25.3 Å². The van der Waals surface area contributed by atoms with Crippen LogP contribution in [0.15, 0.2) is 297 Å². The summed E-state index contributed by atoms with van der Waals surface area (Å²) in [4.78, 5) is 4.70. The second kappa shape index (κ2) is 25.0. The summed E-state index contributed by atoms with van der Waals surface area (Å²) < 4.78 is 311. The minimum atomic E-state index is -6.55. The Bertz CT molecular complexity index is 6890. The Morgan fingerprint density at radius 2 is 1.03 bits per heavy atom. The number of ether oxygens (including phenoxy) is 1. The predicted molar refractivity (Wildman–Crippen MR) is 387 cm³/mol. The minimum Gasteiger partial charge on any atom is -0.510 e. The third-order valence-electron chi connectivity index (χ3n) is 16.2. The number of nitrogens with zero attached hydrogens (tertiary/aromatic N) is 4. The number of imidazole rings is 1. The molecule has 0 saturated carbocycles. The van der Waals surface area contributed by atoms with Crippen LogP contribution >= 0.6 is 0 Å². The molecule has 0 aliphatic rings. The molecule has 0 spiro atoms. The van der Waals surface area contributed by atoms with Crippen molar-refractivity contribution in [3.8, 4) is 73.2 Å². The van der Waals surface area contributed by atoms with Crippen molar-refractivity contribution in [2.24, 2.45) is 0 Å². The first-order valence-corrected chi connectivity index (χ1v) is 31.5. The number of hydrogen-bond donors (Lipinski definition) is 0. The number of hydrogen-bond acceptors (Lipinski definition) is 2. The van der Waals surface area contributed by atoms with Crippen LogP contribution in [0.4, 0.5) is 0 Å². The Morgan fingerprint density at radius 1 is 0.479 bits per heavy atom. The maximum atomic E-state index is 11.3. The molecule has 460 valence electrons. The third kappa shape index (κ3) is 11.2. The topological polar surface area (TPSA) is 35.9 Å². The summed E-state index contributed by atoms with van der Waals surface area (Å²) >= 11 is 0. The number of rotatable bonds is 13. The molecule has 0 unspecified atom stereocenters. The molecule has 7 heteroatoms. The van der Waals surface area contributed by atoms with E-state index in [1.54, 1.807) is 81.9 Å². The number of fused-ring (bicyclic) bond motifs is 4. The van der Waals surface area contributed by atoms with Crippen molar-refractivity contribution in [3.63, 3.8) is 0 Å². The van der Waals surface area contributed by atoms with Gasteiger partial charge in [-0.1, -0.05) is 283 Å². The average molecular weight is 1440 g/mol. The van der Waals surface area contributed by atoms with Crippen molar-refractivity contribution in [3.05, 3.63) is 332 Å². The summed E-state index contributed by atoms with van der Waals surface area (Å²) in [7, 11) is -6.55. The van der Waals surface area contributed by atoms with Gasteiger partial charge in [-0.2, -0.15) is 18.2 Å². The van der Waals surface area contributed by atoms with Crippen LogP contribution in [0.1, 0.15) is 102 Å². The maximum absolute atomic E-state index is 11.3. The minimum absolute atomic E-state index is 0. The van der Waals surface area contributed by atoms with Crippen molar-refractivity contribution in [2.75, 3.05) is 0 Å². The van der Waals surface area contributed by atoms with Gasteiger partial charge in [0, 0.05) is 54.0 Å². The predicted octanol–water partition coefficient (Wildman–Crippen LogP) is 18.5. The first-order valence-electron chi connectivity index (χ1n) is 45.5. The van der Waals surface area contributed by atoms with Gasteiger partial charge in [0.15, 0.2) is 8.07 Å². The second-order valence-corrected chi connectivity index (χ2v) is 27.5. The van der Waals surface area contributed by atoms with E-state index in [9.17, 15) is 24.7 Å². The molecule has 0 radical (unpaired) electrons. The van der Waals surface area contributed by atoms with Crippen LogP contribution < -0.4 is 30.1 Å². The monoisotopic (exact) mass is 1440 g/mol. The molecule has 5 nitrogen and oxygen atoms in total. The molecule has 0 saturated heterocycles. The van der Waals surface area contributed by atoms with E-state index in [0.29, 0.717) is 44.0 Å². The molecule has 0 N–H and O–H groups in total. The van der Waals surface area contributed by atoms with E-state index in [1.165, 1.54) is 22.8 Å². The van der Waals surface area contributed by atoms with Gasteiger partial charge in [-0.15, -0.1) is 29.7 Å². The average Bonchev–Trinajstić information content (AvgIpc) is 0.775. The third-order valence-corrected chi connectivity index (χ3v) is 20.2. The summed E-state index contributed by atoms with van der Waals surface area (Å²) in [5.74, 6) is 0.183. The molecular weight excluding hydrogens is 1340 g/mol. The molecule has 15 rings (SSSR count). The molecule has 94 heavy (non-hydrogen) atoms. The Morgan fingerprint density at radius 3 is 1.66 bits per heavy atom. The molecule has 3 heterocycles. The second-order valence-electron chi connectivity index (χ2n) is 24.0. The molecular formula is C87H70N4OPtSi-2. The van der Waals surface area contributed by atoms with E-state index >= 15 is 0 Å². The fourth-order valence-corrected chi connectivity index (χ4v) is 15.2. The van der Waals surface area contributed by atoms with Crippen LogP contribution in [0.3, 0.4) is 0 Å². The van der Waals surface area contributed by atoms with Crippen LogP contribution in [0.25, 0.3) is 94.5 Å². The summed E-state index contributed by atoms with van der Waals surface area (Å²) in [6, 6.07) is 8.89. The zero-order chi connectivity index (χ0) is 91.2. The molecule has 0 bridgehead atoms. The number of pyridine rings is 1. The van der Waals surface area contributed by atoms with Crippen LogP contribution in [-0.4, -0.2) is 22.2 Å². The van der Waals surface area contributed by atoms with Crippen molar-refractivity contribution in [1.82, 2.24) is 14.1 Å². The summed E-state index contributed by atoms with van der Waals surface area (Å²) in [5.41, 5.74) is -0.896. The Hall–Kier alpha value is -10.2. The van der Waals surface area contributed by atoms with Crippen molar-refractivity contribution >= 4 is 61.7 Å². The Kier molecular flexibility index (Phi) is 9.20. The Balaban J connectivity index is 0.0000129. The maximum Gasteiger partial charge on any atom is 0.268 e. The van der Waals surface area contributed by atoms with Gasteiger partial charge in [0.05, 0.1) is 56.5 Å². The van der Waals surface area contributed by atoms with E-state index < -0.39 is 238 Å². The van der Waals surface area contributed by atoms with Crippen LogP contribution in [-0.2, 0) is 31.9 Å². The van der Waals surface area contributed by atoms with Gasteiger partial charge < -0.3 is 13.9 Å². The number of aryl methyl sites for hydroxylation is 1. The van der Waals surface area contributed by atoms with Crippen molar-refractivity contribution in [2.45, 2.75) is 59.2 Å². The van der Waals surface area contributed by atoms with Crippen LogP contribution in [0.5, 0.6) is 11.5 Å². The molecule has 0 amide bonds. The SMILES string of the molecule is [2H]c1c([2H])c([2H])c(-c2cc(-c3cc(C(C)(C)C)cc(C(C)(C)C)c3)c(-[n+]3[c-]n(-c4[c-]c(Oc5[c-]c6c(cc5)c5ccccc5n6-c5cc(C([2H])([2H])[2H])c(-c6c([2H])c([2H])c([2H])c([2H])c6[2H])cn5)ccc4)c4ccccc43)c(-c3c([2H])c([2H])c([2H])c([Si](c4c([2H])c([2H])c([2H])c([2H])c4[2H])(c4c([2H])c([2H])c([2H])c([2H])c4[2H])c4c([2H])c([2H])c([2H])c([2H])c4[2H])c3[2H])c2)c([2H])c1[2H].[Pt]. The summed E-state index contributed by atoms with van der Waals surface area (Å²) in [6.45, 7) is 8.82. The van der Waals surface area contributed by atoms with Gasteiger partial charge in [0.1, 0.15) is 5.82 Å². The van der Waals surface area contributed by atoms with E-state index in [0.717, 1.165) is 6.20 Å². The fourth-order valence-electron chi connectivity index (χ4n) is 11.7. The first-order chi connectivity index (χ1) is 58.5. The molecule has 3 aromatic heterocycles. The molecule has 12 aromatic carbocycles. The standard InChI is InChI=1S/C87H70N4OSi.Pt/c1-60-49-84(88-58-79(60)62-31-15-9-16-32-62)91-80-44-24-23-43-75(80)76-48-47-70(57-83(76)91)92-69-35-28-34-68(56-69)89-59-90(82-46-26-25-45-81(82)89)85-77(53-64(61-29-13-8-14-30-61)54-78(85)65-50-66(86(2,3)4)55-67(51-65)87(5,6)7)63-33-27-42-74(52-63)93(71-36-17-10-18-37-71,72-38-19-11-20-39-72)73-40-21-12-22-41-73;/h8-55,58H,1-7H3;/q-2;/i1D3,8D,9D,10D,11D,12D,13D,14D,15D,16D,17D,18D,19D,20D,21D,22D,27D,29D,30D,31D,32D,33D,36D,37D,38D,39D,40D,41D,42D,52D;. The largest absolute Gasteiger partial charge is 0.510 e. The first kappa shape index (κ1) is 34.6. The summed E-state index contributed by atoms with van der Waals surface area (Å²) in [6.07, 6.45) is 4.64. The summed E-state index contributed by atoms with van der Waals surface area (Å²) in [5, 5.41) is -3.13. The van der Waals surface area contributed by atoms with Gasteiger partial charge in [-0.05, 0) is 129 Å². The van der Waals surface area contributed by atoms with Crippen molar-refractivity contribution in [1.29, 1.82) is 0 Å². The van der Waals surface area contributed by atoms with Crippen molar-refractivity contribution < 1.29 is 74.2 Å². The Labute approximate surface area is 612 Å². The molecule has 0 aliphatic carbocycles. The van der Waals surface area contributed by atoms with Gasteiger partial charge in [0.25, 0.3) is 6.33 Å². The number of para-hydroxylation sites is 3. The van der Waals surface area contributed by atoms with E-state index in [1.807, 2.05) is 65.8 Å². The number of aromatic nitrogens is 4. The molecule has 0 fully saturated rings.